The van der Waals surface area contributed by atoms with Gasteiger partial charge >= 0.3 is 6.03 Å². The van der Waals surface area contributed by atoms with Crippen LogP contribution in [0, 0.1) is 17.8 Å². The van der Waals surface area contributed by atoms with Gasteiger partial charge in [-0.15, -0.1) is 0 Å². The maximum atomic E-state index is 13.2. The average molecular weight is 541 g/mol. The smallest absolute Gasteiger partial charge is 0.328 e. The molecule has 3 aliphatic carbocycles. The molecule has 9 nitrogen and oxygen atoms in total. The number of allylic oxidation sites excluding steroid dienone is 6. The van der Waals surface area contributed by atoms with Crippen molar-refractivity contribution in [2.75, 3.05) is 6.61 Å². The molecule has 1 fully saturated rings. The number of phenols is 1. The number of ketones is 2. The maximum absolute atomic E-state index is 13.2. The molecule has 35 heavy (non-hydrogen) atoms. The van der Waals surface area contributed by atoms with E-state index < -0.39 is 47.3 Å². The lowest BCUT2D eigenvalue weighted by Gasteiger charge is -2.42. The number of Topliss-reactive ketones (excluding diaryl/α,β-unsaturated/α-hetero) is 1. The third-order valence-electron chi connectivity index (χ3n) is 7.19. The number of phenolic OH excluding ortho intramolecular Hbond substituents is 1. The van der Waals surface area contributed by atoms with Gasteiger partial charge < -0.3 is 15.6 Å². The summed E-state index contributed by atoms with van der Waals surface area (Å²) in [5.41, 5.74) is 6.76. The molecule has 10 heteroatoms. The van der Waals surface area contributed by atoms with E-state index in [1.807, 2.05) is 0 Å². The number of fused-ring (bicyclic) bond motifs is 3. The van der Waals surface area contributed by atoms with Crippen LogP contribution in [-0.4, -0.2) is 46.0 Å². The Morgan fingerprint density at radius 3 is 2.63 bits per heavy atom. The molecule has 4 unspecified atom stereocenters. The number of benzene rings is 1. The molecular formula is C25H21BrN2O7. The van der Waals surface area contributed by atoms with E-state index >= 15 is 0 Å². The summed E-state index contributed by atoms with van der Waals surface area (Å²) in [6, 6.07) is 3.78. The van der Waals surface area contributed by atoms with Crippen molar-refractivity contribution in [1.29, 1.82) is 0 Å². The monoisotopic (exact) mass is 540 g/mol. The molecule has 0 spiro atoms. The Hall–Kier alpha value is -3.53. The number of imide groups is 3. The van der Waals surface area contributed by atoms with Gasteiger partial charge in [-0.2, -0.15) is 4.90 Å². The summed E-state index contributed by atoms with van der Waals surface area (Å²) in [5.74, 6) is -5.25. The van der Waals surface area contributed by atoms with Gasteiger partial charge in [-0.05, 0) is 47.7 Å². The van der Waals surface area contributed by atoms with Crippen molar-refractivity contribution >= 4 is 45.3 Å². The summed E-state index contributed by atoms with van der Waals surface area (Å²) in [4.78, 5) is 64.7. The molecule has 1 aromatic carbocycles. The number of carbonyl (C=O) groups excluding carboxylic acids is 5. The number of ether oxygens (including phenoxy) is 1. The SMILES string of the molecule is CCOc1cccc(C2C3=CCC4C(=O)N(C(N)=O)C(=O)C4C3CC3=C2C(=O)C=C(Br)C3=O)c1O. The number of hydrogen-bond donors (Lipinski definition) is 2. The molecule has 0 radical (unpaired) electrons. The number of urea groups is 1. The molecule has 180 valence electrons. The lowest BCUT2D eigenvalue weighted by Crippen LogP contribution is -2.42. The summed E-state index contributed by atoms with van der Waals surface area (Å²) in [6.07, 6.45) is 3.21. The molecule has 4 atom stereocenters. The molecule has 3 N–H and O–H groups in total. The quantitative estimate of drug-likeness (QED) is 0.340. The van der Waals surface area contributed by atoms with Crippen molar-refractivity contribution < 1.29 is 33.8 Å². The summed E-state index contributed by atoms with van der Waals surface area (Å²) >= 11 is 3.16. The van der Waals surface area contributed by atoms with Gasteiger partial charge in [0.15, 0.2) is 23.1 Å². The van der Waals surface area contributed by atoms with Crippen LogP contribution in [0.4, 0.5) is 4.79 Å². The molecule has 0 saturated carbocycles. The number of primary amides is 1. The van der Waals surface area contributed by atoms with E-state index in [4.69, 9.17) is 10.5 Å². The highest BCUT2D eigenvalue weighted by Gasteiger charge is 2.57. The van der Waals surface area contributed by atoms with E-state index in [9.17, 15) is 29.1 Å². The van der Waals surface area contributed by atoms with Gasteiger partial charge in [0, 0.05) is 28.7 Å². The Morgan fingerprint density at radius 1 is 1.20 bits per heavy atom. The highest BCUT2D eigenvalue weighted by Crippen LogP contribution is 2.56. The van der Waals surface area contributed by atoms with Gasteiger partial charge in [0.1, 0.15) is 0 Å². The molecule has 1 saturated heterocycles. The molecular weight excluding hydrogens is 520 g/mol. The second-order valence-corrected chi connectivity index (χ2v) is 9.73. The zero-order chi connectivity index (χ0) is 25.2. The highest BCUT2D eigenvalue weighted by atomic mass is 79.9. The minimum atomic E-state index is -1.14. The van der Waals surface area contributed by atoms with Crippen molar-refractivity contribution in [3.05, 3.63) is 57.1 Å². The van der Waals surface area contributed by atoms with Crippen molar-refractivity contribution in [1.82, 2.24) is 4.90 Å². The van der Waals surface area contributed by atoms with E-state index in [0.29, 0.717) is 22.6 Å². The lowest BCUT2D eigenvalue weighted by molar-refractivity contribution is -0.136. The van der Waals surface area contributed by atoms with Crippen LogP contribution in [-0.2, 0) is 19.2 Å². The zero-order valence-electron chi connectivity index (χ0n) is 18.6. The van der Waals surface area contributed by atoms with Crippen LogP contribution in [0.15, 0.2) is 51.6 Å². The predicted octanol–water partition coefficient (Wildman–Crippen LogP) is 2.63. The first-order valence-electron chi connectivity index (χ1n) is 11.2. The Bertz CT molecular complexity index is 1320. The second kappa shape index (κ2) is 8.30. The lowest BCUT2D eigenvalue weighted by atomic mass is 9.59. The standard InChI is InChI=1S/C25H21BrN2O7/c1-2-35-17-5-3-4-11(22(17)31)18-10-6-7-12-19(24(33)28(23(12)32)25(27)34)13(10)8-14-20(18)16(29)9-15(26)21(14)30/h3-6,9,12-13,18-19,31H,2,7-8H2,1H3,(H2,27,34). The molecule has 1 aliphatic heterocycles. The fourth-order valence-electron chi connectivity index (χ4n) is 5.82. The molecule has 0 bridgehead atoms. The predicted molar refractivity (Wildman–Crippen MR) is 125 cm³/mol. The topological polar surface area (TPSA) is 144 Å². The largest absolute Gasteiger partial charge is 0.504 e. The summed E-state index contributed by atoms with van der Waals surface area (Å²) < 4.78 is 5.63. The Labute approximate surface area is 208 Å². The van der Waals surface area contributed by atoms with Crippen molar-refractivity contribution in [2.45, 2.75) is 25.7 Å². The van der Waals surface area contributed by atoms with Crippen LogP contribution in [0.3, 0.4) is 0 Å². The number of nitrogens with zero attached hydrogens (tertiary/aromatic N) is 1. The molecule has 4 aliphatic rings. The number of para-hydroxylation sites is 1. The molecule has 4 amide bonds. The van der Waals surface area contributed by atoms with E-state index in [2.05, 4.69) is 15.9 Å². The Balaban J connectivity index is 1.71. The second-order valence-electron chi connectivity index (χ2n) is 8.87. The van der Waals surface area contributed by atoms with Crippen LogP contribution in [0.5, 0.6) is 11.5 Å². The number of aromatic hydroxyl groups is 1. The van der Waals surface area contributed by atoms with Crippen molar-refractivity contribution in [2.24, 2.45) is 23.5 Å². The van der Waals surface area contributed by atoms with E-state index in [-0.39, 0.29) is 45.8 Å². The summed E-state index contributed by atoms with van der Waals surface area (Å²) in [5, 5.41) is 11.1. The third kappa shape index (κ3) is 3.30. The minimum absolute atomic E-state index is 0.0455. The summed E-state index contributed by atoms with van der Waals surface area (Å²) in [7, 11) is 0. The minimum Gasteiger partial charge on any atom is -0.504 e. The molecule has 5 rings (SSSR count). The van der Waals surface area contributed by atoms with Crippen LogP contribution in [0.25, 0.3) is 0 Å². The van der Waals surface area contributed by atoms with Crippen LogP contribution < -0.4 is 10.5 Å². The van der Waals surface area contributed by atoms with E-state index in [1.165, 1.54) is 6.08 Å². The van der Waals surface area contributed by atoms with Gasteiger partial charge in [0.2, 0.25) is 11.8 Å². The van der Waals surface area contributed by atoms with Gasteiger partial charge in [-0.3, -0.25) is 19.2 Å². The van der Waals surface area contributed by atoms with Gasteiger partial charge in [-0.25, -0.2) is 4.79 Å². The van der Waals surface area contributed by atoms with Crippen LogP contribution >= 0.6 is 15.9 Å². The van der Waals surface area contributed by atoms with Gasteiger partial charge in [-0.1, -0.05) is 23.8 Å². The third-order valence-corrected chi connectivity index (χ3v) is 7.78. The Morgan fingerprint density at radius 2 is 1.94 bits per heavy atom. The number of nitrogens with two attached hydrogens (primary N) is 1. The first kappa shape index (κ1) is 23.2. The highest BCUT2D eigenvalue weighted by molar-refractivity contribution is 9.12. The number of hydrogen-bond acceptors (Lipinski definition) is 7. The maximum Gasteiger partial charge on any atom is 0.328 e. The summed E-state index contributed by atoms with van der Waals surface area (Å²) in [6.45, 7) is 2.07. The fourth-order valence-corrected chi connectivity index (χ4v) is 6.27. The number of likely N-dealkylation sites (tertiary alicyclic amines) is 1. The van der Waals surface area contributed by atoms with E-state index in [1.54, 1.807) is 31.2 Å². The van der Waals surface area contributed by atoms with Crippen LogP contribution in [0.2, 0.25) is 0 Å². The fraction of sp³-hybridized carbons (Fsp3) is 0.320. The van der Waals surface area contributed by atoms with Crippen molar-refractivity contribution in [3.8, 4) is 11.5 Å². The number of rotatable bonds is 3. The number of halogens is 1. The Kier molecular flexibility index (Phi) is 5.51. The number of carbonyl (C=O) groups is 5. The van der Waals surface area contributed by atoms with Gasteiger partial charge in [0.05, 0.1) is 22.9 Å². The first-order valence-corrected chi connectivity index (χ1v) is 12.0. The van der Waals surface area contributed by atoms with Crippen LogP contribution in [0.1, 0.15) is 31.2 Å². The first-order chi connectivity index (χ1) is 16.7. The molecule has 1 aromatic rings. The van der Waals surface area contributed by atoms with E-state index in [0.717, 1.165) is 0 Å². The zero-order valence-corrected chi connectivity index (χ0v) is 20.2. The van der Waals surface area contributed by atoms with Crippen molar-refractivity contribution in [3.63, 3.8) is 0 Å². The van der Waals surface area contributed by atoms with Gasteiger partial charge in [0.25, 0.3) is 0 Å². The average Bonchev–Trinajstić information content (AvgIpc) is 3.08. The number of amides is 4. The normalized spacial score (nSPS) is 27.8. The molecule has 1 heterocycles. The molecule has 0 aromatic heterocycles.